The highest BCUT2D eigenvalue weighted by Gasteiger charge is 2.03. The van der Waals surface area contributed by atoms with Gasteiger partial charge in [0.05, 0.1) is 24.4 Å². The van der Waals surface area contributed by atoms with E-state index in [4.69, 9.17) is 10.00 Å². The molecule has 4 heteroatoms. The number of aromatic nitrogens is 1. The van der Waals surface area contributed by atoms with E-state index in [1.165, 1.54) is 0 Å². The maximum absolute atomic E-state index is 8.80. The smallest absolute Gasteiger partial charge is 0.118 e. The first kappa shape index (κ1) is 15.0. The summed E-state index contributed by atoms with van der Waals surface area (Å²) in [7, 11) is 1.66. The molecule has 2 aromatic carbocycles. The fourth-order valence-electron chi connectivity index (χ4n) is 2.09. The second-order valence-electron chi connectivity index (χ2n) is 4.87. The van der Waals surface area contributed by atoms with E-state index < -0.39 is 0 Å². The molecule has 0 radical (unpaired) electrons. The van der Waals surface area contributed by atoms with Gasteiger partial charge in [-0.3, -0.25) is 0 Å². The second-order valence-corrected chi connectivity index (χ2v) is 5.76. The fraction of sp³-hybridized carbons (Fsp3) is 0.0526. The minimum Gasteiger partial charge on any atom is -0.497 e. The van der Waals surface area contributed by atoms with E-state index in [9.17, 15) is 0 Å². The minimum atomic E-state index is 0.665. The third-order valence-corrected chi connectivity index (χ3v) is 4.18. The Morgan fingerprint density at radius 3 is 2.43 bits per heavy atom. The summed E-state index contributed by atoms with van der Waals surface area (Å²) in [5.41, 5.74) is 3.74. The van der Waals surface area contributed by atoms with Crippen LogP contribution in [0.1, 0.15) is 16.1 Å². The van der Waals surface area contributed by atoms with Gasteiger partial charge in [0.2, 0.25) is 0 Å². The molecule has 0 aliphatic heterocycles. The molecule has 0 saturated carbocycles. The van der Waals surface area contributed by atoms with Crippen LogP contribution in [-0.2, 0) is 0 Å². The van der Waals surface area contributed by atoms with Gasteiger partial charge >= 0.3 is 0 Å². The summed E-state index contributed by atoms with van der Waals surface area (Å²) in [5.74, 6) is 0.838. The molecule has 0 bridgehead atoms. The van der Waals surface area contributed by atoms with Gasteiger partial charge in [0.1, 0.15) is 10.8 Å². The van der Waals surface area contributed by atoms with E-state index in [2.05, 4.69) is 11.1 Å². The SMILES string of the molecule is COc1ccc(-c2csc(/C=C/c3ccc(C#N)cc3)n2)cc1. The zero-order valence-electron chi connectivity index (χ0n) is 12.6. The van der Waals surface area contributed by atoms with Crippen LogP contribution in [0.2, 0.25) is 0 Å². The lowest BCUT2D eigenvalue weighted by atomic mass is 10.1. The van der Waals surface area contributed by atoms with Gasteiger partial charge in [-0.25, -0.2) is 4.98 Å². The molecular formula is C19H14N2OS. The molecule has 0 amide bonds. The summed E-state index contributed by atoms with van der Waals surface area (Å²) in [6, 6.07) is 17.4. The van der Waals surface area contributed by atoms with Crippen molar-refractivity contribution in [1.29, 1.82) is 5.26 Å². The molecule has 3 nitrogen and oxygen atoms in total. The Labute approximate surface area is 139 Å². The van der Waals surface area contributed by atoms with Gasteiger partial charge in [-0.1, -0.05) is 18.2 Å². The molecule has 0 saturated heterocycles. The summed E-state index contributed by atoms with van der Waals surface area (Å²) in [6.07, 6.45) is 3.98. The zero-order valence-corrected chi connectivity index (χ0v) is 13.4. The molecule has 3 rings (SSSR count). The Balaban J connectivity index is 1.75. The lowest BCUT2D eigenvalue weighted by Crippen LogP contribution is -1.82. The van der Waals surface area contributed by atoms with Crippen molar-refractivity contribution in [3.63, 3.8) is 0 Å². The number of nitrogens with zero attached hydrogens (tertiary/aromatic N) is 2. The van der Waals surface area contributed by atoms with E-state index in [-0.39, 0.29) is 0 Å². The summed E-state index contributed by atoms with van der Waals surface area (Å²) in [4.78, 5) is 4.62. The van der Waals surface area contributed by atoms with Crippen LogP contribution in [0.3, 0.4) is 0 Å². The van der Waals surface area contributed by atoms with Gasteiger partial charge in [-0.15, -0.1) is 11.3 Å². The maximum atomic E-state index is 8.80. The van der Waals surface area contributed by atoms with Gasteiger partial charge in [0, 0.05) is 10.9 Å². The molecule has 3 aromatic rings. The Kier molecular flexibility index (Phi) is 4.51. The summed E-state index contributed by atoms with van der Waals surface area (Å²) < 4.78 is 5.17. The molecule has 0 fully saturated rings. The Morgan fingerprint density at radius 2 is 1.78 bits per heavy atom. The molecule has 1 aromatic heterocycles. The third-order valence-electron chi connectivity index (χ3n) is 3.37. The van der Waals surface area contributed by atoms with Crippen molar-refractivity contribution >= 4 is 23.5 Å². The number of ether oxygens (including phenoxy) is 1. The minimum absolute atomic E-state index is 0.665. The van der Waals surface area contributed by atoms with Gasteiger partial charge in [-0.2, -0.15) is 5.26 Å². The van der Waals surface area contributed by atoms with Crippen LogP contribution in [0.4, 0.5) is 0 Å². The molecule has 0 spiro atoms. The lowest BCUT2D eigenvalue weighted by Gasteiger charge is -2.00. The molecule has 0 N–H and O–H groups in total. The predicted octanol–water partition coefficient (Wildman–Crippen LogP) is 4.86. The highest BCUT2D eigenvalue weighted by molar-refractivity contribution is 7.10. The van der Waals surface area contributed by atoms with Crippen LogP contribution in [0.25, 0.3) is 23.4 Å². The van der Waals surface area contributed by atoms with Crippen LogP contribution in [0, 0.1) is 11.3 Å². The van der Waals surface area contributed by atoms with Crippen molar-refractivity contribution in [1.82, 2.24) is 4.98 Å². The number of benzene rings is 2. The number of hydrogen-bond donors (Lipinski definition) is 0. The van der Waals surface area contributed by atoms with E-state index in [0.717, 1.165) is 27.6 Å². The fourth-order valence-corrected chi connectivity index (χ4v) is 2.81. The molecular weight excluding hydrogens is 304 g/mol. The predicted molar refractivity (Wildman–Crippen MR) is 94.2 cm³/mol. The van der Waals surface area contributed by atoms with Gasteiger partial charge < -0.3 is 4.74 Å². The van der Waals surface area contributed by atoms with Crippen LogP contribution < -0.4 is 4.74 Å². The van der Waals surface area contributed by atoms with E-state index in [1.807, 2.05) is 66.1 Å². The van der Waals surface area contributed by atoms with E-state index in [1.54, 1.807) is 18.4 Å². The highest BCUT2D eigenvalue weighted by Crippen LogP contribution is 2.25. The molecule has 0 unspecified atom stereocenters. The third kappa shape index (κ3) is 3.65. The van der Waals surface area contributed by atoms with Crippen molar-refractivity contribution in [3.05, 3.63) is 70.0 Å². The Hall–Kier alpha value is -2.90. The monoisotopic (exact) mass is 318 g/mol. The first-order chi connectivity index (χ1) is 11.3. The van der Waals surface area contributed by atoms with Crippen molar-refractivity contribution in [2.45, 2.75) is 0 Å². The Bertz CT molecular complexity index is 856. The van der Waals surface area contributed by atoms with Crippen LogP contribution in [-0.4, -0.2) is 12.1 Å². The number of methoxy groups -OCH3 is 1. The zero-order chi connectivity index (χ0) is 16.1. The van der Waals surface area contributed by atoms with Gasteiger partial charge in [0.25, 0.3) is 0 Å². The van der Waals surface area contributed by atoms with Crippen LogP contribution in [0.5, 0.6) is 5.75 Å². The lowest BCUT2D eigenvalue weighted by molar-refractivity contribution is 0.415. The normalized spacial score (nSPS) is 10.6. The average Bonchev–Trinajstić information content (AvgIpc) is 3.09. The number of rotatable bonds is 4. The first-order valence-corrected chi connectivity index (χ1v) is 7.94. The van der Waals surface area contributed by atoms with Crippen molar-refractivity contribution in [2.75, 3.05) is 7.11 Å². The molecule has 0 aliphatic rings. The van der Waals surface area contributed by atoms with Gasteiger partial charge in [-0.05, 0) is 48.0 Å². The molecule has 0 aliphatic carbocycles. The topological polar surface area (TPSA) is 45.9 Å². The standard InChI is InChI=1S/C19H14N2OS/c1-22-17-9-7-16(8-10-17)18-13-23-19(21-18)11-6-14-2-4-15(12-20)5-3-14/h2-11,13H,1H3/b11-6+. The number of hydrogen-bond acceptors (Lipinski definition) is 4. The molecule has 23 heavy (non-hydrogen) atoms. The summed E-state index contributed by atoms with van der Waals surface area (Å²) >= 11 is 1.60. The molecule has 0 atom stereocenters. The van der Waals surface area contributed by atoms with Crippen molar-refractivity contribution in [2.24, 2.45) is 0 Å². The Morgan fingerprint density at radius 1 is 1.04 bits per heavy atom. The molecule has 112 valence electrons. The van der Waals surface area contributed by atoms with Crippen molar-refractivity contribution in [3.8, 4) is 23.1 Å². The van der Waals surface area contributed by atoms with E-state index in [0.29, 0.717) is 5.56 Å². The largest absolute Gasteiger partial charge is 0.497 e. The first-order valence-electron chi connectivity index (χ1n) is 7.07. The van der Waals surface area contributed by atoms with Crippen LogP contribution >= 0.6 is 11.3 Å². The van der Waals surface area contributed by atoms with Crippen molar-refractivity contribution < 1.29 is 4.74 Å². The van der Waals surface area contributed by atoms with Gasteiger partial charge in [0.15, 0.2) is 0 Å². The number of nitriles is 1. The summed E-state index contributed by atoms with van der Waals surface area (Å²) in [5, 5.41) is 11.8. The van der Waals surface area contributed by atoms with E-state index >= 15 is 0 Å². The summed E-state index contributed by atoms with van der Waals surface area (Å²) in [6.45, 7) is 0. The maximum Gasteiger partial charge on any atom is 0.118 e. The van der Waals surface area contributed by atoms with Crippen LogP contribution in [0.15, 0.2) is 53.9 Å². The second kappa shape index (κ2) is 6.91. The quantitative estimate of drug-likeness (QED) is 0.690. The highest BCUT2D eigenvalue weighted by atomic mass is 32.1. The molecule has 1 heterocycles. The average molecular weight is 318 g/mol. The number of thiazole rings is 1.